The van der Waals surface area contributed by atoms with Gasteiger partial charge in [0, 0.05) is 30.6 Å². The molecule has 7 heteroatoms. The van der Waals surface area contributed by atoms with E-state index >= 15 is 0 Å². The highest BCUT2D eigenvalue weighted by Gasteiger charge is 2.07. The average molecular weight is 359 g/mol. The standard InChI is InChI=1S/C20H21N7/c1-13(2)6-14-7-20(26-22-9-14)25-19-5-4-17-18(24-19)8-15(10-21-17)16-11-23-27(3)12-16/h4-5,7-13H,6H2,1-3H3,(H,24,25,26). The van der Waals surface area contributed by atoms with Crippen LogP contribution in [0.4, 0.5) is 11.6 Å². The van der Waals surface area contributed by atoms with Gasteiger partial charge in [0.05, 0.1) is 23.4 Å². The van der Waals surface area contributed by atoms with Crippen LogP contribution in [0.15, 0.2) is 49.1 Å². The highest BCUT2D eigenvalue weighted by Crippen LogP contribution is 2.23. The molecule has 0 unspecified atom stereocenters. The summed E-state index contributed by atoms with van der Waals surface area (Å²) in [6, 6.07) is 7.88. The van der Waals surface area contributed by atoms with Crippen molar-refractivity contribution in [1.82, 2.24) is 29.9 Å². The van der Waals surface area contributed by atoms with Gasteiger partial charge in [-0.15, -0.1) is 5.10 Å². The van der Waals surface area contributed by atoms with E-state index in [9.17, 15) is 0 Å². The normalized spacial score (nSPS) is 11.3. The molecule has 0 saturated carbocycles. The smallest absolute Gasteiger partial charge is 0.154 e. The summed E-state index contributed by atoms with van der Waals surface area (Å²) in [5.74, 6) is 1.97. The van der Waals surface area contributed by atoms with Gasteiger partial charge in [0.1, 0.15) is 5.82 Å². The quantitative estimate of drug-likeness (QED) is 0.584. The van der Waals surface area contributed by atoms with Crippen molar-refractivity contribution < 1.29 is 0 Å². The predicted molar refractivity (Wildman–Crippen MR) is 106 cm³/mol. The minimum atomic E-state index is 0.567. The van der Waals surface area contributed by atoms with Crippen LogP contribution in [0.2, 0.25) is 0 Å². The van der Waals surface area contributed by atoms with Crippen LogP contribution < -0.4 is 5.32 Å². The number of nitrogens with zero attached hydrogens (tertiary/aromatic N) is 6. The van der Waals surface area contributed by atoms with Gasteiger partial charge in [-0.3, -0.25) is 9.67 Å². The van der Waals surface area contributed by atoms with E-state index in [1.165, 1.54) is 0 Å². The number of aryl methyl sites for hydroxylation is 1. The summed E-state index contributed by atoms with van der Waals surface area (Å²) >= 11 is 0. The van der Waals surface area contributed by atoms with Crippen molar-refractivity contribution >= 4 is 22.7 Å². The van der Waals surface area contributed by atoms with Crippen molar-refractivity contribution in [2.45, 2.75) is 20.3 Å². The molecule has 4 aromatic rings. The Morgan fingerprint density at radius 3 is 2.67 bits per heavy atom. The lowest BCUT2D eigenvalue weighted by molar-refractivity contribution is 0.644. The number of pyridine rings is 2. The maximum atomic E-state index is 4.69. The number of hydrogen-bond donors (Lipinski definition) is 1. The maximum absolute atomic E-state index is 4.69. The van der Waals surface area contributed by atoms with E-state index < -0.39 is 0 Å². The molecule has 0 saturated heterocycles. The van der Waals surface area contributed by atoms with E-state index in [0.29, 0.717) is 17.6 Å². The minimum absolute atomic E-state index is 0.567. The Kier molecular flexibility index (Phi) is 4.50. The summed E-state index contributed by atoms with van der Waals surface area (Å²) in [6.45, 7) is 4.37. The van der Waals surface area contributed by atoms with E-state index in [0.717, 1.165) is 34.1 Å². The molecule has 0 aliphatic carbocycles. The number of nitrogens with one attached hydrogen (secondary N) is 1. The van der Waals surface area contributed by atoms with Crippen molar-refractivity contribution in [3.63, 3.8) is 0 Å². The fraction of sp³-hybridized carbons (Fsp3) is 0.250. The zero-order valence-electron chi connectivity index (χ0n) is 15.6. The Labute approximate surface area is 157 Å². The molecule has 0 atom stereocenters. The third-order valence-electron chi connectivity index (χ3n) is 4.19. The first-order valence-corrected chi connectivity index (χ1v) is 8.91. The highest BCUT2D eigenvalue weighted by atomic mass is 15.2. The summed E-state index contributed by atoms with van der Waals surface area (Å²) in [7, 11) is 1.90. The zero-order valence-corrected chi connectivity index (χ0v) is 15.6. The SMILES string of the molecule is CC(C)Cc1cnnc(Nc2ccc3ncc(-c4cnn(C)c4)cc3n2)c1. The van der Waals surface area contributed by atoms with Crippen LogP contribution in [0, 0.1) is 5.92 Å². The Hall–Kier alpha value is -3.35. The molecule has 0 radical (unpaired) electrons. The van der Waals surface area contributed by atoms with Crippen molar-refractivity contribution in [2.75, 3.05) is 5.32 Å². The lowest BCUT2D eigenvalue weighted by Gasteiger charge is -2.08. The van der Waals surface area contributed by atoms with Crippen LogP contribution >= 0.6 is 0 Å². The van der Waals surface area contributed by atoms with Crippen molar-refractivity contribution in [1.29, 1.82) is 0 Å². The number of rotatable bonds is 5. The third-order valence-corrected chi connectivity index (χ3v) is 4.19. The second-order valence-corrected chi connectivity index (χ2v) is 7.03. The molecule has 0 amide bonds. The second kappa shape index (κ2) is 7.11. The lowest BCUT2D eigenvalue weighted by atomic mass is 10.1. The molecule has 0 aliphatic rings. The maximum Gasteiger partial charge on any atom is 0.154 e. The van der Waals surface area contributed by atoms with Crippen molar-refractivity contribution in [3.05, 3.63) is 54.6 Å². The van der Waals surface area contributed by atoms with E-state index in [1.54, 1.807) is 4.68 Å². The van der Waals surface area contributed by atoms with Crippen molar-refractivity contribution in [3.8, 4) is 11.1 Å². The monoisotopic (exact) mass is 359 g/mol. The van der Waals surface area contributed by atoms with Gasteiger partial charge in [-0.2, -0.15) is 10.2 Å². The van der Waals surface area contributed by atoms with E-state index in [4.69, 9.17) is 0 Å². The number of fused-ring (bicyclic) bond motifs is 1. The van der Waals surface area contributed by atoms with Gasteiger partial charge in [-0.05, 0) is 42.2 Å². The van der Waals surface area contributed by atoms with Gasteiger partial charge in [0.15, 0.2) is 5.82 Å². The molecule has 4 rings (SSSR count). The van der Waals surface area contributed by atoms with Gasteiger partial charge in [-0.1, -0.05) is 13.8 Å². The van der Waals surface area contributed by atoms with E-state index in [1.807, 2.05) is 56.1 Å². The Balaban J connectivity index is 1.62. The highest BCUT2D eigenvalue weighted by molar-refractivity contribution is 5.81. The number of anilines is 2. The Morgan fingerprint density at radius 2 is 1.89 bits per heavy atom. The molecule has 0 bridgehead atoms. The molecule has 7 nitrogen and oxygen atoms in total. The topological polar surface area (TPSA) is 81.4 Å². The molecular formula is C20H21N7. The van der Waals surface area contributed by atoms with Crippen LogP contribution in [-0.2, 0) is 13.5 Å². The van der Waals surface area contributed by atoms with Crippen molar-refractivity contribution in [2.24, 2.45) is 13.0 Å². The molecule has 4 heterocycles. The summed E-state index contributed by atoms with van der Waals surface area (Å²) in [5, 5.41) is 15.7. The van der Waals surface area contributed by atoms with Gasteiger partial charge < -0.3 is 5.32 Å². The van der Waals surface area contributed by atoms with E-state index in [2.05, 4.69) is 44.4 Å². The van der Waals surface area contributed by atoms with Crippen LogP contribution in [-0.4, -0.2) is 29.9 Å². The van der Waals surface area contributed by atoms with Gasteiger partial charge in [0.2, 0.25) is 0 Å². The summed E-state index contributed by atoms with van der Waals surface area (Å²) in [4.78, 5) is 9.19. The number of hydrogen-bond acceptors (Lipinski definition) is 6. The minimum Gasteiger partial charge on any atom is -0.323 e. The predicted octanol–water partition coefficient (Wildman–Crippen LogP) is 3.76. The molecule has 0 aliphatic heterocycles. The lowest BCUT2D eigenvalue weighted by Crippen LogP contribution is -2.01. The third kappa shape index (κ3) is 3.92. The first-order chi connectivity index (χ1) is 13.1. The fourth-order valence-electron chi connectivity index (χ4n) is 2.99. The van der Waals surface area contributed by atoms with Crippen LogP contribution in [0.5, 0.6) is 0 Å². The summed E-state index contributed by atoms with van der Waals surface area (Å²) in [6.07, 6.45) is 8.40. The summed E-state index contributed by atoms with van der Waals surface area (Å²) < 4.78 is 1.77. The molecule has 0 aromatic carbocycles. The molecule has 0 spiro atoms. The first-order valence-electron chi connectivity index (χ1n) is 8.91. The molecule has 136 valence electrons. The molecule has 1 N–H and O–H groups in total. The second-order valence-electron chi connectivity index (χ2n) is 7.03. The van der Waals surface area contributed by atoms with Gasteiger partial charge in [-0.25, -0.2) is 4.98 Å². The molecule has 27 heavy (non-hydrogen) atoms. The first kappa shape index (κ1) is 17.1. The zero-order chi connectivity index (χ0) is 18.8. The Morgan fingerprint density at radius 1 is 1.00 bits per heavy atom. The molecule has 4 aromatic heterocycles. The van der Waals surface area contributed by atoms with Gasteiger partial charge in [0.25, 0.3) is 0 Å². The van der Waals surface area contributed by atoms with Crippen LogP contribution in [0.1, 0.15) is 19.4 Å². The fourth-order valence-corrected chi connectivity index (χ4v) is 2.99. The number of aromatic nitrogens is 6. The van der Waals surface area contributed by atoms with E-state index in [-0.39, 0.29) is 0 Å². The molecular weight excluding hydrogens is 338 g/mol. The Bertz CT molecular complexity index is 1080. The largest absolute Gasteiger partial charge is 0.323 e. The summed E-state index contributed by atoms with van der Waals surface area (Å²) in [5.41, 5.74) is 4.81. The van der Waals surface area contributed by atoms with Gasteiger partial charge >= 0.3 is 0 Å². The average Bonchev–Trinajstić information content (AvgIpc) is 3.07. The van der Waals surface area contributed by atoms with Crippen LogP contribution in [0.3, 0.4) is 0 Å². The molecule has 0 fully saturated rings. The van der Waals surface area contributed by atoms with Crippen LogP contribution in [0.25, 0.3) is 22.2 Å².